The number of benzene rings is 1. The molecule has 0 aliphatic rings. The fraction of sp³-hybridized carbons (Fsp3) is 0.167. The minimum Gasteiger partial charge on any atom is -0.384 e. The first kappa shape index (κ1) is 18.2. The normalized spacial score (nSPS) is 12.2. The van der Waals surface area contributed by atoms with Crippen molar-refractivity contribution >= 4 is 32.2 Å². The zero-order valence-corrected chi connectivity index (χ0v) is 16.6. The van der Waals surface area contributed by atoms with Gasteiger partial charge in [-0.25, -0.2) is 9.78 Å². The van der Waals surface area contributed by atoms with Gasteiger partial charge < -0.3 is 9.72 Å². The maximum absolute atomic E-state index is 12.2. The standard InChI is InChI=1S/C18H20N4O2SSi/c1-24-11-16(14-5-3-2-4-6-14)26-22-17(23)21-18-20-15(12-25-18)13-7-9-19-10-8-13/h2-10,12,16H,11,26H2,1H3,(H2,20,21,22,23). The second-order valence-electron chi connectivity index (χ2n) is 5.67. The SMILES string of the molecule is COCC([SiH2]NC(=O)Nc1nc(-c2ccncc2)cs1)c1ccccc1. The van der Waals surface area contributed by atoms with Crippen molar-refractivity contribution in [3.63, 3.8) is 0 Å². The van der Waals surface area contributed by atoms with Crippen LogP contribution < -0.4 is 10.3 Å². The van der Waals surface area contributed by atoms with E-state index in [2.05, 4.69) is 32.4 Å². The number of anilines is 1. The van der Waals surface area contributed by atoms with E-state index in [9.17, 15) is 4.79 Å². The highest BCUT2D eigenvalue weighted by atomic mass is 32.1. The van der Waals surface area contributed by atoms with Crippen molar-refractivity contribution < 1.29 is 9.53 Å². The van der Waals surface area contributed by atoms with E-state index in [0.29, 0.717) is 11.7 Å². The van der Waals surface area contributed by atoms with E-state index in [-0.39, 0.29) is 11.6 Å². The molecule has 3 rings (SSSR count). The molecular formula is C18H20N4O2SSi. The molecule has 0 bridgehead atoms. The van der Waals surface area contributed by atoms with Crippen molar-refractivity contribution in [3.8, 4) is 11.3 Å². The van der Waals surface area contributed by atoms with Gasteiger partial charge in [-0.3, -0.25) is 10.3 Å². The second-order valence-corrected chi connectivity index (χ2v) is 8.28. The van der Waals surface area contributed by atoms with Gasteiger partial charge in [0.2, 0.25) is 0 Å². The van der Waals surface area contributed by atoms with E-state index in [1.54, 1.807) is 19.5 Å². The number of pyridine rings is 1. The van der Waals surface area contributed by atoms with E-state index in [1.165, 1.54) is 16.9 Å². The van der Waals surface area contributed by atoms with Crippen molar-refractivity contribution in [2.24, 2.45) is 0 Å². The molecule has 6 nitrogen and oxygen atoms in total. The zero-order chi connectivity index (χ0) is 18.2. The quantitative estimate of drug-likeness (QED) is 0.614. The van der Waals surface area contributed by atoms with Crippen LogP contribution in [-0.4, -0.2) is 39.4 Å². The molecule has 0 spiro atoms. The molecule has 1 atom stereocenters. The van der Waals surface area contributed by atoms with Gasteiger partial charge in [0.05, 0.1) is 12.3 Å². The van der Waals surface area contributed by atoms with Crippen LogP contribution in [0.4, 0.5) is 9.93 Å². The smallest absolute Gasteiger partial charge is 0.312 e. The number of methoxy groups -OCH3 is 1. The topological polar surface area (TPSA) is 76.1 Å². The lowest BCUT2D eigenvalue weighted by Crippen LogP contribution is -2.36. The molecule has 26 heavy (non-hydrogen) atoms. The molecule has 0 saturated carbocycles. The van der Waals surface area contributed by atoms with Gasteiger partial charge in [-0.1, -0.05) is 30.3 Å². The number of thiazole rings is 1. The van der Waals surface area contributed by atoms with Crippen molar-refractivity contribution in [2.75, 3.05) is 19.0 Å². The Hall–Kier alpha value is -2.55. The van der Waals surface area contributed by atoms with Gasteiger partial charge in [-0.15, -0.1) is 11.3 Å². The summed E-state index contributed by atoms with van der Waals surface area (Å²) >= 11 is 1.40. The van der Waals surface area contributed by atoms with Gasteiger partial charge in [-0.2, -0.15) is 0 Å². The summed E-state index contributed by atoms with van der Waals surface area (Å²) in [6.45, 7) is 0.597. The first-order valence-electron chi connectivity index (χ1n) is 8.21. The number of nitrogens with zero attached hydrogens (tertiary/aromatic N) is 2. The molecule has 8 heteroatoms. The summed E-state index contributed by atoms with van der Waals surface area (Å²) in [4.78, 5) is 23.7. The lowest BCUT2D eigenvalue weighted by atomic mass is 10.1. The second kappa shape index (κ2) is 9.23. The van der Waals surface area contributed by atoms with Gasteiger partial charge in [0, 0.05) is 36.0 Å². The molecule has 0 saturated heterocycles. The number of rotatable bonds is 7. The molecular weight excluding hydrogens is 364 g/mol. The fourth-order valence-corrected chi connectivity index (χ4v) is 4.64. The van der Waals surface area contributed by atoms with Crippen molar-refractivity contribution in [1.82, 2.24) is 15.0 Å². The van der Waals surface area contributed by atoms with Crippen molar-refractivity contribution in [1.29, 1.82) is 0 Å². The van der Waals surface area contributed by atoms with Gasteiger partial charge in [0.25, 0.3) is 0 Å². The fourth-order valence-electron chi connectivity index (χ4n) is 2.54. The van der Waals surface area contributed by atoms with Gasteiger partial charge in [-0.05, 0) is 17.7 Å². The number of carbonyl (C=O) groups is 1. The van der Waals surface area contributed by atoms with Crippen LogP contribution in [0.1, 0.15) is 11.1 Å². The molecule has 3 aromatic rings. The van der Waals surface area contributed by atoms with Gasteiger partial charge in [0.15, 0.2) is 5.13 Å². The average Bonchev–Trinajstić information content (AvgIpc) is 3.15. The molecule has 2 N–H and O–H groups in total. The van der Waals surface area contributed by atoms with Crippen LogP contribution in [0, 0.1) is 0 Å². The van der Waals surface area contributed by atoms with E-state index >= 15 is 0 Å². The number of ether oxygens (including phenoxy) is 1. The number of carbonyl (C=O) groups excluding carboxylic acids is 1. The van der Waals surface area contributed by atoms with E-state index in [4.69, 9.17) is 4.74 Å². The summed E-state index contributed by atoms with van der Waals surface area (Å²) in [6.07, 6.45) is 3.44. The first-order chi connectivity index (χ1) is 12.8. The monoisotopic (exact) mass is 384 g/mol. The molecule has 2 aromatic heterocycles. The van der Waals surface area contributed by atoms with Gasteiger partial charge >= 0.3 is 6.03 Å². The molecule has 2 amide bonds. The first-order valence-corrected chi connectivity index (χ1v) is 10.6. The van der Waals surface area contributed by atoms with Crippen LogP contribution in [0.3, 0.4) is 0 Å². The van der Waals surface area contributed by atoms with Crippen LogP contribution in [0.2, 0.25) is 0 Å². The summed E-state index contributed by atoms with van der Waals surface area (Å²) in [5.74, 6) is 0. The molecule has 1 unspecified atom stereocenters. The molecule has 2 heterocycles. The lowest BCUT2D eigenvalue weighted by Gasteiger charge is -2.16. The summed E-state index contributed by atoms with van der Waals surface area (Å²) in [5, 5.41) is 5.31. The number of hydrogen-bond donors (Lipinski definition) is 2. The van der Waals surface area contributed by atoms with Gasteiger partial charge in [0.1, 0.15) is 9.68 Å². The number of urea groups is 1. The Labute approximate surface area is 158 Å². The third kappa shape index (κ3) is 4.98. The summed E-state index contributed by atoms with van der Waals surface area (Å²) in [5.41, 5.74) is 3.22. The number of nitrogens with one attached hydrogen (secondary N) is 2. The highest BCUT2D eigenvalue weighted by molar-refractivity contribution is 7.14. The van der Waals surface area contributed by atoms with Crippen molar-refractivity contribution in [3.05, 3.63) is 65.8 Å². The molecule has 1 aromatic carbocycles. The predicted molar refractivity (Wildman–Crippen MR) is 107 cm³/mol. The Balaban J connectivity index is 1.56. The Morgan fingerprint density at radius 2 is 2.00 bits per heavy atom. The summed E-state index contributed by atoms with van der Waals surface area (Å²) in [7, 11) is 0.772. The molecule has 0 radical (unpaired) electrons. The maximum Gasteiger partial charge on any atom is 0.312 e. The number of hydrogen-bond acceptors (Lipinski definition) is 5. The lowest BCUT2D eigenvalue weighted by molar-refractivity contribution is 0.197. The number of aromatic nitrogens is 2. The van der Waals surface area contributed by atoms with Crippen molar-refractivity contribution in [2.45, 2.75) is 5.54 Å². The van der Waals surface area contributed by atoms with E-state index in [1.807, 2.05) is 35.7 Å². The van der Waals surface area contributed by atoms with Crippen LogP contribution in [-0.2, 0) is 4.74 Å². The molecule has 0 aliphatic carbocycles. The minimum absolute atomic E-state index is 0.218. The zero-order valence-electron chi connectivity index (χ0n) is 14.4. The largest absolute Gasteiger partial charge is 0.384 e. The van der Waals surface area contributed by atoms with Crippen LogP contribution in [0.5, 0.6) is 0 Å². The maximum atomic E-state index is 12.2. The average molecular weight is 385 g/mol. The number of amides is 2. The third-order valence-corrected chi connectivity index (χ3v) is 6.33. The summed E-state index contributed by atoms with van der Waals surface area (Å²) in [6, 6.07) is 13.7. The minimum atomic E-state index is -0.910. The third-order valence-electron chi connectivity index (χ3n) is 3.85. The Kier molecular flexibility index (Phi) is 6.48. The molecule has 0 fully saturated rings. The molecule has 134 valence electrons. The van der Waals surface area contributed by atoms with Crippen LogP contribution in [0.25, 0.3) is 11.3 Å². The predicted octanol–water partition coefficient (Wildman–Crippen LogP) is 2.80. The Morgan fingerprint density at radius 3 is 2.73 bits per heavy atom. The van der Waals surface area contributed by atoms with E-state index in [0.717, 1.165) is 11.3 Å². The highest BCUT2D eigenvalue weighted by Gasteiger charge is 2.14. The Bertz CT molecular complexity index is 829. The Morgan fingerprint density at radius 1 is 1.23 bits per heavy atom. The van der Waals surface area contributed by atoms with Crippen LogP contribution in [0.15, 0.2) is 60.2 Å². The highest BCUT2D eigenvalue weighted by Crippen LogP contribution is 2.24. The van der Waals surface area contributed by atoms with E-state index < -0.39 is 9.68 Å². The summed E-state index contributed by atoms with van der Waals surface area (Å²) < 4.78 is 5.31. The van der Waals surface area contributed by atoms with Crippen LogP contribution >= 0.6 is 11.3 Å². The molecule has 0 aliphatic heterocycles.